The normalized spacial score (nSPS) is 11.2. The van der Waals surface area contributed by atoms with E-state index in [2.05, 4.69) is 5.32 Å². The van der Waals surface area contributed by atoms with Gasteiger partial charge in [-0.05, 0) is 17.9 Å². The minimum absolute atomic E-state index is 0.0359. The fourth-order valence-corrected chi connectivity index (χ4v) is 1.94. The van der Waals surface area contributed by atoms with Gasteiger partial charge in [-0.25, -0.2) is 0 Å². The zero-order valence-electron chi connectivity index (χ0n) is 10.1. The zero-order chi connectivity index (χ0) is 12.3. The van der Waals surface area contributed by atoms with Crippen LogP contribution in [0.4, 0.5) is 0 Å². The predicted octanol–water partition coefficient (Wildman–Crippen LogP) is 2.40. The van der Waals surface area contributed by atoms with Crippen LogP contribution in [0.5, 0.6) is 0 Å². The molecule has 0 aromatic carbocycles. The first-order valence-corrected chi connectivity index (χ1v) is 6.11. The Kier molecular flexibility index (Phi) is 3.86. The van der Waals surface area contributed by atoms with Gasteiger partial charge in [-0.3, -0.25) is 9.59 Å². The van der Waals surface area contributed by atoms with E-state index in [4.69, 9.17) is 0 Å². The van der Waals surface area contributed by atoms with E-state index in [0.717, 1.165) is 5.56 Å². The van der Waals surface area contributed by atoms with Gasteiger partial charge in [-0.2, -0.15) is 11.3 Å². The van der Waals surface area contributed by atoms with E-state index in [1.165, 1.54) is 11.3 Å². The van der Waals surface area contributed by atoms with Crippen LogP contribution in [0.3, 0.4) is 0 Å². The van der Waals surface area contributed by atoms with Gasteiger partial charge in [0.2, 0.25) is 0 Å². The summed E-state index contributed by atoms with van der Waals surface area (Å²) in [6.07, 6.45) is 0. The Morgan fingerprint density at radius 2 is 1.94 bits per heavy atom. The Balaban J connectivity index is 2.55. The van der Waals surface area contributed by atoms with Crippen molar-refractivity contribution < 1.29 is 9.59 Å². The summed E-state index contributed by atoms with van der Waals surface area (Å²) in [5.74, 6) is -0.134. The van der Waals surface area contributed by atoms with Gasteiger partial charge in [-0.1, -0.05) is 20.8 Å². The van der Waals surface area contributed by atoms with Crippen molar-refractivity contribution in [1.29, 1.82) is 0 Å². The molecule has 0 bridgehead atoms. The molecule has 0 fully saturated rings. The number of carbonyl (C=O) groups excluding carboxylic acids is 2. The lowest BCUT2D eigenvalue weighted by Gasteiger charge is -2.16. The van der Waals surface area contributed by atoms with Gasteiger partial charge in [0.15, 0.2) is 5.78 Å². The fourth-order valence-electron chi connectivity index (χ4n) is 1.11. The molecule has 0 saturated heterocycles. The van der Waals surface area contributed by atoms with Crippen LogP contribution in [0.15, 0.2) is 10.8 Å². The van der Waals surface area contributed by atoms with Crippen LogP contribution >= 0.6 is 11.3 Å². The average molecular weight is 239 g/mol. The average Bonchev–Trinajstić information content (AvgIpc) is 2.58. The summed E-state index contributed by atoms with van der Waals surface area (Å²) in [7, 11) is 0. The number of aryl methyl sites for hydroxylation is 1. The maximum absolute atomic E-state index is 11.7. The van der Waals surface area contributed by atoms with Crippen LogP contribution in [-0.2, 0) is 4.79 Å². The highest BCUT2D eigenvalue weighted by molar-refractivity contribution is 7.08. The zero-order valence-corrected chi connectivity index (χ0v) is 10.9. The van der Waals surface area contributed by atoms with Crippen LogP contribution in [0.2, 0.25) is 0 Å². The highest BCUT2D eigenvalue weighted by Gasteiger charge is 2.21. The Hall–Kier alpha value is -1.16. The molecular formula is C12H17NO2S. The van der Waals surface area contributed by atoms with E-state index in [9.17, 15) is 9.59 Å². The van der Waals surface area contributed by atoms with Crippen molar-refractivity contribution in [1.82, 2.24) is 5.32 Å². The molecule has 16 heavy (non-hydrogen) atoms. The highest BCUT2D eigenvalue weighted by atomic mass is 32.1. The first-order valence-electron chi connectivity index (χ1n) is 5.16. The molecule has 0 atom stereocenters. The highest BCUT2D eigenvalue weighted by Crippen LogP contribution is 2.15. The number of thiophene rings is 1. The molecule has 0 aliphatic heterocycles. The number of ketones is 1. The van der Waals surface area contributed by atoms with Crippen molar-refractivity contribution in [2.75, 3.05) is 6.54 Å². The molecule has 4 heteroatoms. The predicted molar refractivity (Wildman–Crippen MR) is 65.9 cm³/mol. The quantitative estimate of drug-likeness (QED) is 0.880. The minimum atomic E-state index is -0.406. The molecule has 1 rings (SSSR count). The van der Waals surface area contributed by atoms with Crippen LogP contribution in [0.25, 0.3) is 0 Å². The lowest BCUT2D eigenvalue weighted by molar-refractivity contribution is -0.125. The summed E-state index contributed by atoms with van der Waals surface area (Å²) in [5, 5.41) is 6.37. The van der Waals surface area contributed by atoms with Gasteiger partial charge in [0.05, 0.1) is 12.1 Å². The first-order chi connectivity index (χ1) is 7.32. The second kappa shape index (κ2) is 4.78. The summed E-state index contributed by atoms with van der Waals surface area (Å²) in [6, 6.07) is 0. The largest absolute Gasteiger partial charge is 0.345 e. The number of hydrogen-bond donors (Lipinski definition) is 1. The molecular weight excluding hydrogens is 222 g/mol. The third-order valence-electron chi connectivity index (χ3n) is 2.35. The van der Waals surface area contributed by atoms with Crippen molar-refractivity contribution in [3.05, 3.63) is 21.9 Å². The van der Waals surface area contributed by atoms with E-state index in [1.54, 1.807) is 5.38 Å². The number of carbonyl (C=O) groups is 2. The first kappa shape index (κ1) is 12.9. The van der Waals surface area contributed by atoms with E-state index < -0.39 is 5.41 Å². The minimum Gasteiger partial charge on any atom is -0.345 e. The SMILES string of the molecule is Cc1cscc1C(=O)NCC(=O)C(C)(C)C. The van der Waals surface area contributed by atoms with Gasteiger partial charge < -0.3 is 5.32 Å². The summed E-state index contributed by atoms with van der Waals surface area (Å²) in [6.45, 7) is 7.51. The topological polar surface area (TPSA) is 46.2 Å². The smallest absolute Gasteiger partial charge is 0.252 e. The second-order valence-corrected chi connectivity index (χ2v) is 5.57. The molecule has 0 aliphatic rings. The molecule has 0 unspecified atom stereocenters. The summed E-state index contributed by atoms with van der Waals surface area (Å²) in [5.41, 5.74) is 1.20. The maximum Gasteiger partial charge on any atom is 0.252 e. The molecule has 1 N–H and O–H groups in total. The van der Waals surface area contributed by atoms with Crippen LogP contribution in [0.1, 0.15) is 36.7 Å². The van der Waals surface area contributed by atoms with Crippen molar-refractivity contribution >= 4 is 23.0 Å². The Morgan fingerprint density at radius 3 is 2.38 bits per heavy atom. The van der Waals surface area contributed by atoms with Crippen molar-refractivity contribution in [3.63, 3.8) is 0 Å². The standard InChI is InChI=1S/C12H17NO2S/c1-8-6-16-7-9(8)11(15)13-5-10(14)12(2,3)4/h6-7H,5H2,1-4H3,(H,13,15). The van der Waals surface area contributed by atoms with Gasteiger partial charge >= 0.3 is 0 Å². The molecule has 88 valence electrons. The summed E-state index contributed by atoms with van der Waals surface area (Å²) < 4.78 is 0. The fraction of sp³-hybridized carbons (Fsp3) is 0.500. The molecule has 0 aliphatic carbocycles. The lowest BCUT2D eigenvalue weighted by atomic mass is 9.91. The Bertz CT molecular complexity index is 401. The molecule has 3 nitrogen and oxygen atoms in total. The Morgan fingerprint density at radius 1 is 1.31 bits per heavy atom. The lowest BCUT2D eigenvalue weighted by Crippen LogP contribution is -2.35. The van der Waals surface area contributed by atoms with Gasteiger partial charge in [-0.15, -0.1) is 0 Å². The number of hydrogen-bond acceptors (Lipinski definition) is 3. The van der Waals surface area contributed by atoms with Crippen molar-refractivity contribution in [2.45, 2.75) is 27.7 Å². The van der Waals surface area contributed by atoms with E-state index >= 15 is 0 Å². The molecule has 1 aromatic rings. The molecule has 1 amide bonds. The Labute approximate surface area is 99.9 Å². The number of Topliss-reactive ketones (excluding diaryl/α,β-unsaturated/α-hetero) is 1. The van der Waals surface area contributed by atoms with Crippen molar-refractivity contribution in [2.24, 2.45) is 5.41 Å². The summed E-state index contributed by atoms with van der Waals surface area (Å²) in [4.78, 5) is 23.3. The third-order valence-corrected chi connectivity index (χ3v) is 3.21. The van der Waals surface area contributed by atoms with E-state index in [0.29, 0.717) is 5.56 Å². The molecule has 0 radical (unpaired) electrons. The van der Waals surface area contributed by atoms with Gasteiger partial charge in [0.25, 0.3) is 5.91 Å². The molecule has 0 spiro atoms. The maximum atomic E-state index is 11.7. The second-order valence-electron chi connectivity index (χ2n) is 4.82. The molecule has 0 saturated carbocycles. The van der Waals surface area contributed by atoms with E-state index in [-0.39, 0.29) is 18.2 Å². The van der Waals surface area contributed by atoms with Gasteiger partial charge in [0, 0.05) is 10.8 Å². The van der Waals surface area contributed by atoms with Gasteiger partial charge in [0.1, 0.15) is 0 Å². The van der Waals surface area contributed by atoms with Crippen LogP contribution in [-0.4, -0.2) is 18.2 Å². The summed E-state index contributed by atoms with van der Waals surface area (Å²) >= 11 is 1.49. The third kappa shape index (κ3) is 3.17. The number of amides is 1. The van der Waals surface area contributed by atoms with Crippen molar-refractivity contribution in [3.8, 4) is 0 Å². The van der Waals surface area contributed by atoms with Crippen LogP contribution < -0.4 is 5.32 Å². The number of nitrogens with one attached hydrogen (secondary N) is 1. The molecule has 1 heterocycles. The van der Waals surface area contributed by atoms with Crippen LogP contribution in [0, 0.1) is 12.3 Å². The number of rotatable bonds is 3. The molecule has 1 aromatic heterocycles. The monoisotopic (exact) mass is 239 g/mol. The van der Waals surface area contributed by atoms with E-state index in [1.807, 2.05) is 33.1 Å².